The molecule has 0 bridgehead atoms. The minimum Gasteiger partial charge on any atom is -0.496 e. The number of hydrogen-bond donors (Lipinski definition) is 1. The normalized spacial score (nSPS) is 10.5. The minimum absolute atomic E-state index is 0.107. The highest BCUT2D eigenvalue weighted by Crippen LogP contribution is 2.20. The highest BCUT2D eigenvalue weighted by atomic mass is 16.5. The second-order valence-electron chi connectivity index (χ2n) is 6.08. The Morgan fingerprint density at radius 1 is 1.12 bits per heavy atom. The molecule has 0 spiro atoms. The molecule has 0 aliphatic heterocycles. The molecule has 0 unspecified atom stereocenters. The number of para-hydroxylation sites is 1. The molecule has 0 saturated carbocycles. The van der Waals surface area contributed by atoms with Crippen LogP contribution in [-0.2, 0) is 16.0 Å². The van der Waals surface area contributed by atoms with Gasteiger partial charge < -0.3 is 14.5 Å². The molecule has 138 valence electrons. The van der Waals surface area contributed by atoms with Gasteiger partial charge in [-0.15, -0.1) is 0 Å². The average Bonchev–Trinajstić information content (AvgIpc) is 2.92. The van der Waals surface area contributed by atoms with Crippen LogP contribution in [0.25, 0.3) is 0 Å². The van der Waals surface area contributed by atoms with Gasteiger partial charge in [-0.2, -0.15) is 0 Å². The summed E-state index contributed by atoms with van der Waals surface area (Å²) in [4.78, 5) is 38.8. The Balaban J connectivity index is 1.92. The first-order valence-corrected chi connectivity index (χ1v) is 8.36. The number of ketones is 2. The van der Waals surface area contributed by atoms with E-state index in [0.29, 0.717) is 34.7 Å². The Morgan fingerprint density at radius 2 is 1.81 bits per heavy atom. The van der Waals surface area contributed by atoms with Crippen LogP contribution in [0.15, 0.2) is 24.3 Å². The topological polar surface area (TPSA) is 85.5 Å². The predicted molar refractivity (Wildman–Crippen MR) is 96.9 cm³/mol. The number of H-pyrrole nitrogens is 1. The number of Topliss-reactive ketones (excluding diaryl/α,β-unsaturated/α-hetero) is 2. The van der Waals surface area contributed by atoms with Gasteiger partial charge in [0.2, 0.25) is 5.78 Å². The van der Waals surface area contributed by atoms with Crippen LogP contribution in [0.1, 0.15) is 51.0 Å². The SMILES string of the molecule is COc1ccccc1CCC(=O)OCC(=O)c1[nH]c(C)c(C(C)=O)c1C. The molecule has 0 atom stereocenters. The maximum Gasteiger partial charge on any atom is 0.306 e. The van der Waals surface area contributed by atoms with Crippen LogP contribution in [0.3, 0.4) is 0 Å². The molecule has 2 aromatic rings. The molecule has 2 rings (SSSR count). The second-order valence-corrected chi connectivity index (χ2v) is 6.08. The maximum atomic E-state index is 12.3. The van der Waals surface area contributed by atoms with E-state index >= 15 is 0 Å². The van der Waals surface area contributed by atoms with Crippen molar-refractivity contribution in [3.8, 4) is 5.75 Å². The van der Waals surface area contributed by atoms with E-state index < -0.39 is 5.97 Å². The van der Waals surface area contributed by atoms with Crippen molar-refractivity contribution < 1.29 is 23.9 Å². The Hall–Kier alpha value is -2.89. The molecule has 6 nitrogen and oxygen atoms in total. The van der Waals surface area contributed by atoms with Gasteiger partial charge >= 0.3 is 5.97 Å². The first-order valence-electron chi connectivity index (χ1n) is 8.36. The Morgan fingerprint density at radius 3 is 2.42 bits per heavy atom. The molecule has 0 fully saturated rings. The molecular formula is C20H23NO5. The number of aromatic nitrogens is 1. The molecule has 6 heteroatoms. The maximum absolute atomic E-state index is 12.3. The summed E-state index contributed by atoms with van der Waals surface area (Å²) in [5.41, 5.74) is 2.95. The number of benzene rings is 1. The molecule has 1 N–H and O–H groups in total. The van der Waals surface area contributed by atoms with Crippen LogP contribution >= 0.6 is 0 Å². The van der Waals surface area contributed by atoms with Crippen molar-refractivity contribution in [3.05, 3.63) is 52.3 Å². The third-order valence-electron chi connectivity index (χ3n) is 4.22. The van der Waals surface area contributed by atoms with Crippen molar-refractivity contribution in [1.82, 2.24) is 4.98 Å². The van der Waals surface area contributed by atoms with Crippen LogP contribution < -0.4 is 4.74 Å². The van der Waals surface area contributed by atoms with Gasteiger partial charge in [0, 0.05) is 17.7 Å². The molecule has 0 amide bonds. The van der Waals surface area contributed by atoms with Crippen molar-refractivity contribution >= 4 is 17.5 Å². The van der Waals surface area contributed by atoms with E-state index in [9.17, 15) is 14.4 Å². The van der Waals surface area contributed by atoms with Crippen LogP contribution in [0.4, 0.5) is 0 Å². The minimum atomic E-state index is -0.461. The summed E-state index contributed by atoms with van der Waals surface area (Å²) in [6, 6.07) is 7.43. The number of methoxy groups -OCH3 is 1. The van der Waals surface area contributed by atoms with Crippen LogP contribution in [0, 0.1) is 13.8 Å². The van der Waals surface area contributed by atoms with Crippen molar-refractivity contribution in [1.29, 1.82) is 0 Å². The number of aromatic amines is 1. The fraction of sp³-hybridized carbons (Fsp3) is 0.350. The van der Waals surface area contributed by atoms with E-state index in [-0.39, 0.29) is 24.6 Å². The molecule has 1 aromatic heterocycles. The number of ether oxygens (including phenoxy) is 2. The fourth-order valence-corrected chi connectivity index (χ4v) is 2.99. The van der Waals surface area contributed by atoms with Gasteiger partial charge in [-0.3, -0.25) is 14.4 Å². The molecule has 1 heterocycles. The van der Waals surface area contributed by atoms with Gasteiger partial charge in [0.15, 0.2) is 12.4 Å². The van der Waals surface area contributed by atoms with Crippen molar-refractivity contribution in [3.63, 3.8) is 0 Å². The summed E-state index contributed by atoms with van der Waals surface area (Å²) < 4.78 is 10.3. The Kier molecular flexibility index (Phi) is 6.33. The standard InChI is InChI=1S/C20H23NO5/c1-12-19(14(3)22)13(2)21-20(12)16(23)11-26-18(24)10-9-15-7-5-6-8-17(15)25-4/h5-8,21H,9-11H2,1-4H3. The van der Waals surface area contributed by atoms with E-state index in [4.69, 9.17) is 9.47 Å². The molecule has 0 saturated heterocycles. The van der Waals surface area contributed by atoms with E-state index in [1.54, 1.807) is 21.0 Å². The predicted octanol–water partition coefficient (Wildman–Crippen LogP) is 3.20. The van der Waals surface area contributed by atoms with Crippen LogP contribution in [0.2, 0.25) is 0 Å². The lowest BCUT2D eigenvalue weighted by Crippen LogP contribution is -2.16. The number of esters is 1. The summed E-state index contributed by atoms with van der Waals surface area (Å²) in [7, 11) is 1.58. The summed E-state index contributed by atoms with van der Waals surface area (Å²) in [6.07, 6.45) is 0.612. The van der Waals surface area contributed by atoms with Crippen LogP contribution in [-0.4, -0.2) is 36.2 Å². The molecular weight excluding hydrogens is 334 g/mol. The number of aryl methyl sites for hydroxylation is 2. The molecule has 0 aliphatic carbocycles. The quantitative estimate of drug-likeness (QED) is 0.579. The smallest absolute Gasteiger partial charge is 0.306 e. The zero-order valence-electron chi connectivity index (χ0n) is 15.5. The summed E-state index contributed by atoms with van der Waals surface area (Å²) in [5.74, 6) is -0.213. The van der Waals surface area contributed by atoms with Crippen molar-refractivity contribution in [2.45, 2.75) is 33.6 Å². The van der Waals surface area contributed by atoms with Gasteiger partial charge in [0.1, 0.15) is 5.75 Å². The van der Waals surface area contributed by atoms with Gasteiger partial charge in [-0.1, -0.05) is 18.2 Å². The monoisotopic (exact) mass is 357 g/mol. The first-order chi connectivity index (χ1) is 12.3. The third kappa shape index (κ3) is 4.39. The van der Waals surface area contributed by atoms with Gasteiger partial charge in [0.25, 0.3) is 0 Å². The Bertz CT molecular complexity index is 835. The molecule has 26 heavy (non-hydrogen) atoms. The third-order valence-corrected chi connectivity index (χ3v) is 4.22. The number of hydrogen-bond acceptors (Lipinski definition) is 5. The summed E-state index contributed by atoms with van der Waals surface area (Å²) in [5, 5.41) is 0. The van der Waals surface area contributed by atoms with E-state index in [1.807, 2.05) is 24.3 Å². The van der Waals surface area contributed by atoms with E-state index in [2.05, 4.69) is 4.98 Å². The first kappa shape index (κ1) is 19.4. The van der Waals surface area contributed by atoms with Gasteiger partial charge in [-0.05, 0) is 44.4 Å². The lowest BCUT2D eigenvalue weighted by Gasteiger charge is -2.08. The van der Waals surface area contributed by atoms with Crippen molar-refractivity contribution in [2.24, 2.45) is 0 Å². The van der Waals surface area contributed by atoms with Crippen molar-refractivity contribution in [2.75, 3.05) is 13.7 Å². The Labute approximate surface area is 152 Å². The number of nitrogens with one attached hydrogen (secondary N) is 1. The molecule has 0 aliphatic rings. The molecule has 0 radical (unpaired) electrons. The number of rotatable bonds is 8. The average molecular weight is 357 g/mol. The number of carbonyl (C=O) groups excluding carboxylic acids is 3. The lowest BCUT2D eigenvalue weighted by molar-refractivity contribution is -0.142. The zero-order valence-corrected chi connectivity index (χ0v) is 15.5. The summed E-state index contributed by atoms with van der Waals surface area (Å²) in [6.45, 7) is 4.54. The largest absolute Gasteiger partial charge is 0.496 e. The van der Waals surface area contributed by atoms with E-state index in [1.165, 1.54) is 6.92 Å². The second kappa shape index (κ2) is 8.47. The van der Waals surface area contributed by atoms with Gasteiger partial charge in [0.05, 0.1) is 12.8 Å². The fourth-order valence-electron chi connectivity index (χ4n) is 2.99. The zero-order chi connectivity index (χ0) is 19.3. The highest BCUT2D eigenvalue weighted by molar-refractivity contribution is 6.04. The highest BCUT2D eigenvalue weighted by Gasteiger charge is 2.20. The summed E-state index contributed by atoms with van der Waals surface area (Å²) >= 11 is 0. The molecule has 1 aromatic carbocycles. The lowest BCUT2D eigenvalue weighted by atomic mass is 10.1. The number of carbonyl (C=O) groups is 3. The van der Waals surface area contributed by atoms with E-state index in [0.717, 1.165) is 5.56 Å². The van der Waals surface area contributed by atoms with Crippen LogP contribution in [0.5, 0.6) is 5.75 Å². The van der Waals surface area contributed by atoms with Gasteiger partial charge in [-0.25, -0.2) is 0 Å².